The van der Waals surface area contributed by atoms with Gasteiger partial charge in [-0.1, -0.05) is 6.92 Å². The molecule has 7 heteroatoms. The van der Waals surface area contributed by atoms with Gasteiger partial charge in [-0.25, -0.2) is 13.1 Å². The van der Waals surface area contributed by atoms with E-state index in [0.29, 0.717) is 18.7 Å². The largest absolute Gasteiger partial charge is 0.284 e. The van der Waals surface area contributed by atoms with Crippen LogP contribution in [0.15, 0.2) is 17.3 Å². The fraction of sp³-hybridized carbons (Fsp3) is 0.625. The minimum Gasteiger partial charge on any atom is -0.284 e. The fourth-order valence-electron chi connectivity index (χ4n) is 1.15. The van der Waals surface area contributed by atoms with E-state index >= 15 is 0 Å². The molecule has 0 spiro atoms. The molecule has 0 fully saturated rings. The summed E-state index contributed by atoms with van der Waals surface area (Å²) in [6.45, 7) is 1.91. The molecular weight excluding hydrogens is 238 g/mol. The molecule has 1 unspecified atom stereocenters. The van der Waals surface area contributed by atoms with Gasteiger partial charge in [-0.15, -0.1) is 11.6 Å². The molecule has 5 nitrogen and oxygen atoms in total. The van der Waals surface area contributed by atoms with E-state index in [1.165, 1.54) is 12.4 Å². The number of halogens is 1. The van der Waals surface area contributed by atoms with E-state index in [9.17, 15) is 8.42 Å². The number of hydrogen-bond acceptors (Lipinski definition) is 3. The molecule has 0 aliphatic heterocycles. The first-order valence-electron chi connectivity index (χ1n) is 4.67. The summed E-state index contributed by atoms with van der Waals surface area (Å²) < 4.78 is 26.0. The zero-order valence-corrected chi connectivity index (χ0v) is 9.98. The van der Waals surface area contributed by atoms with Crippen molar-refractivity contribution in [3.8, 4) is 0 Å². The van der Waals surface area contributed by atoms with Gasteiger partial charge >= 0.3 is 0 Å². The highest BCUT2D eigenvalue weighted by Gasteiger charge is 2.19. The van der Waals surface area contributed by atoms with Crippen molar-refractivity contribution in [3.63, 3.8) is 0 Å². The number of alkyl halides is 1. The van der Waals surface area contributed by atoms with Crippen molar-refractivity contribution in [2.45, 2.75) is 30.7 Å². The zero-order chi connectivity index (χ0) is 11.3. The van der Waals surface area contributed by atoms with Crippen LogP contribution in [-0.4, -0.2) is 30.5 Å². The van der Waals surface area contributed by atoms with Gasteiger partial charge < -0.3 is 0 Å². The van der Waals surface area contributed by atoms with Gasteiger partial charge in [0.05, 0.1) is 6.20 Å². The summed E-state index contributed by atoms with van der Waals surface area (Å²) in [5.74, 6) is 0.437. The molecule has 0 bridgehead atoms. The lowest BCUT2D eigenvalue weighted by Gasteiger charge is -2.14. The van der Waals surface area contributed by atoms with Crippen molar-refractivity contribution in [1.82, 2.24) is 14.9 Å². The molecule has 0 saturated carbocycles. The van der Waals surface area contributed by atoms with E-state index in [1.807, 2.05) is 6.92 Å². The fourth-order valence-corrected chi connectivity index (χ4v) is 2.67. The maximum atomic E-state index is 11.7. The molecule has 0 radical (unpaired) electrons. The summed E-state index contributed by atoms with van der Waals surface area (Å²) in [5, 5.41) is 6.06. The van der Waals surface area contributed by atoms with Crippen molar-refractivity contribution in [2.75, 3.05) is 5.88 Å². The van der Waals surface area contributed by atoms with Crippen LogP contribution in [0.2, 0.25) is 0 Å². The van der Waals surface area contributed by atoms with Crippen LogP contribution in [-0.2, 0) is 10.0 Å². The van der Waals surface area contributed by atoms with Crippen molar-refractivity contribution < 1.29 is 8.42 Å². The van der Waals surface area contributed by atoms with Crippen LogP contribution in [0.4, 0.5) is 0 Å². The van der Waals surface area contributed by atoms with Crippen molar-refractivity contribution >= 4 is 21.6 Å². The summed E-state index contributed by atoms with van der Waals surface area (Å²) in [7, 11) is -3.45. The van der Waals surface area contributed by atoms with Gasteiger partial charge in [0.25, 0.3) is 0 Å². The average Bonchev–Trinajstić information content (AvgIpc) is 2.70. The van der Waals surface area contributed by atoms with Gasteiger partial charge in [0.1, 0.15) is 4.90 Å². The van der Waals surface area contributed by atoms with Crippen LogP contribution < -0.4 is 4.72 Å². The van der Waals surface area contributed by atoms with E-state index in [1.54, 1.807) is 0 Å². The van der Waals surface area contributed by atoms with E-state index in [4.69, 9.17) is 11.6 Å². The minimum absolute atomic E-state index is 0.123. The van der Waals surface area contributed by atoms with Crippen LogP contribution in [0.1, 0.15) is 19.8 Å². The van der Waals surface area contributed by atoms with Crippen LogP contribution in [0, 0.1) is 0 Å². The third-order valence-electron chi connectivity index (χ3n) is 2.06. The lowest BCUT2D eigenvalue weighted by molar-refractivity contribution is 0.531. The number of aromatic amines is 1. The molecule has 1 aromatic rings. The van der Waals surface area contributed by atoms with E-state index in [2.05, 4.69) is 14.9 Å². The number of hydrogen-bond donors (Lipinski definition) is 2. The standard InChI is InChI=1S/C8H14ClN3O2S/c1-2-7(3-4-9)12-15(13,14)8-5-10-11-6-8/h5-7,12H,2-4H2,1H3,(H,10,11). The average molecular weight is 252 g/mol. The normalized spacial score (nSPS) is 14.0. The molecule has 86 valence electrons. The second-order valence-electron chi connectivity index (χ2n) is 3.14. The second-order valence-corrected chi connectivity index (χ2v) is 5.23. The number of H-pyrrole nitrogens is 1. The molecule has 1 heterocycles. The van der Waals surface area contributed by atoms with Crippen LogP contribution >= 0.6 is 11.6 Å². The Bertz CT molecular complexity index is 377. The topological polar surface area (TPSA) is 74.8 Å². The summed E-state index contributed by atoms with van der Waals surface area (Å²) in [5.41, 5.74) is 0. The number of sulfonamides is 1. The van der Waals surface area contributed by atoms with E-state index in [0.717, 1.165) is 0 Å². The van der Waals surface area contributed by atoms with Gasteiger partial charge in [0, 0.05) is 18.1 Å². The van der Waals surface area contributed by atoms with Crippen LogP contribution in [0.3, 0.4) is 0 Å². The molecule has 1 atom stereocenters. The third-order valence-corrected chi connectivity index (χ3v) is 3.76. The highest BCUT2D eigenvalue weighted by atomic mass is 35.5. The Labute approximate surface area is 94.3 Å². The molecule has 0 saturated heterocycles. The van der Waals surface area contributed by atoms with Gasteiger partial charge in [-0.2, -0.15) is 5.10 Å². The first-order chi connectivity index (χ1) is 7.10. The predicted molar refractivity (Wildman–Crippen MR) is 58.3 cm³/mol. The van der Waals surface area contributed by atoms with Gasteiger partial charge in [0.15, 0.2) is 0 Å². The monoisotopic (exact) mass is 251 g/mol. The summed E-state index contributed by atoms with van der Waals surface area (Å²) in [6.07, 6.45) is 3.95. The smallest absolute Gasteiger partial charge is 0.243 e. The number of nitrogens with zero attached hydrogens (tertiary/aromatic N) is 1. The van der Waals surface area contributed by atoms with Crippen LogP contribution in [0.5, 0.6) is 0 Å². The lowest BCUT2D eigenvalue weighted by atomic mass is 10.2. The summed E-state index contributed by atoms with van der Waals surface area (Å²) >= 11 is 5.58. The van der Waals surface area contributed by atoms with Crippen molar-refractivity contribution in [1.29, 1.82) is 0 Å². The lowest BCUT2D eigenvalue weighted by Crippen LogP contribution is -2.34. The Morgan fingerprint density at radius 2 is 2.40 bits per heavy atom. The molecule has 1 aromatic heterocycles. The second kappa shape index (κ2) is 5.48. The van der Waals surface area contributed by atoms with Crippen LogP contribution in [0.25, 0.3) is 0 Å². The van der Waals surface area contributed by atoms with E-state index in [-0.39, 0.29) is 10.9 Å². The molecule has 0 aromatic carbocycles. The first kappa shape index (κ1) is 12.5. The third kappa shape index (κ3) is 3.48. The maximum Gasteiger partial charge on any atom is 0.243 e. The highest BCUT2D eigenvalue weighted by molar-refractivity contribution is 7.89. The SMILES string of the molecule is CCC(CCCl)NS(=O)(=O)c1cn[nH]c1. The Balaban J connectivity index is 2.72. The first-order valence-corrected chi connectivity index (χ1v) is 6.69. The minimum atomic E-state index is -3.45. The quantitative estimate of drug-likeness (QED) is 0.744. The van der Waals surface area contributed by atoms with Crippen molar-refractivity contribution in [2.24, 2.45) is 0 Å². The number of nitrogens with one attached hydrogen (secondary N) is 2. The summed E-state index contributed by atoms with van der Waals surface area (Å²) in [6, 6.07) is -0.123. The zero-order valence-electron chi connectivity index (χ0n) is 8.40. The predicted octanol–water partition coefficient (Wildman–Crippen LogP) is 1.10. The molecule has 15 heavy (non-hydrogen) atoms. The molecule has 0 aliphatic rings. The molecule has 0 amide bonds. The molecular formula is C8H14ClN3O2S. The summed E-state index contributed by atoms with van der Waals surface area (Å²) in [4.78, 5) is 0.149. The maximum absolute atomic E-state index is 11.7. The van der Waals surface area contributed by atoms with Gasteiger partial charge in [0.2, 0.25) is 10.0 Å². The van der Waals surface area contributed by atoms with Gasteiger partial charge in [-0.3, -0.25) is 5.10 Å². The van der Waals surface area contributed by atoms with Crippen molar-refractivity contribution in [3.05, 3.63) is 12.4 Å². The number of rotatable bonds is 6. The van der Waals surface area contributed by atoms with E-state index < -0.39 is 10.0 Å². The van der Waals surface area contributed by atoms with Gasteiger partial charge in [-0.05, 0) is 12.8 Å². The Kier molecular flexibility index (Phi) is 4.56. The highest BCUT2D eigenvalue weighted by Crippen LogP contribution is 2.08. The molecule has 1 rings (SSSR count). The number of aromatic nitrogens is 2. The molecule has 2 N–H and O–H groups in total. The molecule has 0 aliphatic carbocycles. The Morgan fingerprint density at radius 3 is 2.87 bits per heavy atom. The Morgan fingerprint density at radius 1 is 1.67 bits per heavy atom. The Hall–Kier alpha value is -0.590.